The molecule has 2 heterocycles. The molecular weight excluding hydrogens is 320 g/mol. The van der Waals surface area contributed by atoms with E-state index < -0.39 is 6.04 Å². The first kappa shape index (κ1) is 14.9. The number of aliphatic imine (C=N–C) groups is 1. The van der Waals surface area contributed by atoms with Gasteiger partial charge in [-0.2, -0.15) is 0 Å². The molecule has 0 aliphatic carbocycles. The van der Waals surface area contributed by atoms with Crippen LogP contribution in [0.15, 0.2) is 77.9 Å². The van der Waals surface area contributed by atoms with E-state index in [2.05, 4.69) is 4.99 Å². The fourth-order valence-corrected chi connectivity index (χ4v) is 3.26. The summed E-state index contributed by atoms with van der Waals surface area (Å²) in [5, 5.41) is 0.672. The lowest BCUT2D eigenvalue weighted by molar-refractivity contribution is 0.0905. The number of rotatable bonds is 3. The molecule has 118 valence electrons. The summed E-state index contributed by atoms with van der Waals surface area (Å²) in [6.07, 6.45) is 3.77. The molecule has 1 aromatic heterocycles. The van der Waals surface area contributed by atoms with Gasteiger partial charge in [0.2, 0.25) is 0 Å². The highest BCUT2D eigenvalue weighted by Crippen LogP contribution is 2.36. The van der Waals surface area contributed by atoms with Crippen LogP contribution in [0.5, 0.6) is 0 Å². The van der Waals surface area contributed by atoms with Crippen molar-refractivity contribution in [2.75, 3.05) is 0 Å². The summed E-state index contributed by atoms with van der Waals surface area (Å²) in [5.74, 6) is 0.0600. The van der Waals surface area contributed by atoms with Crippen LogP contribution in [0.1, 0.15) is 33.7 Å². The predicted molar refractivity (Wildman–Crippen MR) is 96.0 cm³/mol. The number of halogens is 1. The van der Waals surface area contributed by atoms with E-state index in [1.54, 1.807) is 0 Å². The molecule has 0 bridgehead atoms. The third kappa shape index (κ3) is 2.57. The average Bonchev–Trinajstić information content (AvgIpc) is 3.10. The zero-order chi connectivity index (χ0) is 16.5. The zero-order valence-corrected chi connectivity index (χ0v) is 13.6. The summed E-state index contributed by atoms with van der Waals surface area (Å²) in [4.78, 5) is 17.9. The van der Waals surface area contributed by atoms with E-state index in [1.807, 2.05) is 83.7 Å². The Bertz CT molecular complexity index is 897. The van der Waals surface area contributed by atoms with Crippen molar-refractivity contribution >= 4 is 23.6 Å². The topological polar surface area (TPSA) is 34.4 Å². The lowest BCUT2D eigenvalue weighted by Gasteiger charge is -2.29. The predicted octanol–water partition coefficient (Wildman–Crippen LogP) is 4.74. The fraction of sp³-hybridized carbons (Fsp3) is 0.100. The largest absolute Gasteiger partial charge is 0.333 e. The lowest BCUT2D eigenvalue weighted by Crippen LogP contribution is -2.29. The summed E-state index contributed by atoms with van der Waals surface area (Å²) in [6, 6.07) is 20.2. The minimum atomic E-state index is -0.399. The maximum absolute atomic E-state index is 13.2. The Morgan fingerprint density at radius 2 is 1.71 bits per heavy atom. The van der Waals surface area contributed by atoms with Gasteiger partial charge >= 0.3 is 0 Å². The van der Waals surface area contributed by atoms with E-state index in [0.717, 1.165) is 11.3 Å². The molecule has 0 saturated carbocycles. The molecule has 0 saturated heterocycles. The van der Waals surface area contributed by atoms with Crippen molar-refractivity contribution in [3.05, 3.63) is 94.8 Å². The molecule has 0 amide bonds. The van der Waals surface area contributed by atoms with Crippen LogP contribution < -0.4 is 0 Å². The summed E-state index contributed by atoms with van der Waals surface area (Å²) >= 11 is 6.00. The molecule has 4 heteroatoms. The summed E-state index contributed by atoms with van der Waals surface area (Å²) < 4.78 is 2.00. The molecule has 0 spiro atoms. The second-order valence-corrected chi connectivity index (χ2v) is 6.23. The number of fused-ring (bicyclic) bond motifs is 1. The second kappa shape index (κ2) is 6.10. The molecule has 3 nitrogen and oxygen atoms in total. The first-order valence-corrected chi connectivity index (χ1v) is 8.16. The molecule has 0 fully saturated rings. The van der Waals surface area contributed by atoms with Crippen LogP contribution in [0.25, 0.3) is 0 Å². The summed E-state index contributed by atoms with van der Waals surface area (Å²) in [6.45, 7) is 0. The number of ketones is 1. The molecule has 0 N–H and O–H groups in total. The minimum absolute atomic E-state index is 0.0600. The smallest absolute Gasteiger partial charge is 0.188 e. The highest BCUT2D eigenvalue weighted by atomic mass is 35.5. The number of carbonyl (C=O) groups is 1. The number of hydrogen-bond donors (Lipinski definition) is 0. The van der Waals surface area contributed by atoms with Gasteiger partial charge in [-0.05, 0) is 29.8 Å². The Labute approximate surface area is 145 Å². The Morgan fingerprint density at radius 3 is 2.46 bits per heavy atom. The molecule has 24 heavy (non-hydrogen) atoms. The SMILES string of the molecule is O=C(c1ccccc1)[C@@H]1[C@@H](c2ccc(Cl)cc2)N=Cc2cccn21. The fourth-order valence-electron chi connectivity index (χ4n) is 3.13. The molecule has 0 unspecified atom stereocenters. The van der Waals surface area contributed by atoms with E-state index in [4.69, 9.17) is 11.6 Å². The maximum Gasteiger partial charge on any atom is 0.188 e. The van der Waals surface area contributed by atoms with Crippen LogP contribution in [0.4, 0.5) is 0 Å². The number of aromatic nitrogens is 1. The number of carbonyl (C=O) groups excluding carboxylic acids is 1. The third-order valence-electron chi connectivity index (χ3n) is 4.32. The van der Waals surface area contributed by atoms with Gasteiger partial charge in [-0.25, -0.2) is 0 Å². The molecule has 0 radical (unpaired) electrons. The molecule has 2 aromatic carbocycles. The van der Waals surface area contributed by atoms with Crippen molar-refractivity contribution < 1.29 is 4.79 Å². The molecule has 3 aromatic rings. The van der Waals surface area contributed by atoms with Gasteiger partial charge in [0.15, 0.2) is 5.78 Å². The van der Waals surface area contributed by atoms with E-state index in [0.29, 0.717) is 10.6 Å². The zero-order valence-electron chi connectivity index (χ0n) is 12.8. The van der Waals surface area contributed by atoms with Crippen molar-refractivity contribution in [2.24, 2.45) is 4.99 Å². The Morgan fingerprint density at radius 1 is 0.958 bits per heavy atom. The lowest BCUT2D eigenvalue weighted by atomic mass is 9.91. The second-order valence-electron chi connectivity index (χ2n) is 5.79. The van der Waals surface area contributed by atoms with Gasteiger partial charge in [0, 0.05) is 23.0 Å². The highest BCUT2D eigenvalue weighted by molar-refractivity contribution is 6.30. The van der Waals surface area contributed by atoms with Crippen LogP contribution >= 0.6 is 11.6 Å². The Kier molecular flexibility index (Phi) is 3.79. The number of Topliss-reactive ketones (excluding diaryl/α,β-unsaturated/α-hetero) is 1. The minimum Gasteiger partial charge on any atom is -0.333 e. The molecule has 2 atom stereocenters. The maximum atomic E-state index is 13.2. The van der Waals surface area contributed by atoms with Crippen molar-refractivity contribution in [3.63, 3.8) is 0 Å². The molecule has 4 rings (SSSR count). The van der Waals surface area contributed by atoms with Crippen LogP contribution in [0.3, 0.4) is 0 Å². The summed E-state index contributed by atoms with van der Waals surface area (Å²) in [5.41, 5.74) is 2.61. The highest BCUT2D eigenvalue weighted by Gasteiger charge is 2.34. The third-order valence-corrected chi connectivity index (χ3v) is 4.57. The van der Waals surface area contributed by atoms with Gasteiger partial charge in [0.1, 0.15) is 12.1 Å². The molecule has 1 aliphatic heterocycles. The first-order chi connectivity index (χ1) is 11.7. The molecule has 1 aliphatic rings. The van der Waals surface area contributed by atoms with Crippen molar-refractivity contribution in [3.8, 4) is 0 Å². The van der Waals surface area contributed by atoms with Gasteiger partial charge in [-0.15, -0.1) is 0 Å². The van der Waals surface area contributed by atoms with E-state index in [9.17, 15) is 4.79 Å². The van der Waals surface area contributed by atoms with E-state index >= 15 is 0 Å². The van der Waals surface area contributed by atoms with Gasteiger partial charge < -0.3 is 4.57 Å². The first-order valence-electron chi connectivity index (χ1n) is 7.79. The quantitative estimate of drug-likeness (QED) is 0.637. The Hall–Kier alpha value is -2.65. The van der Waals surface area contributed by atoms with Gasteiger partial charge in [0.05, 0.1) is 5.69 Å². The van der Waals surface area contributed by atoms with Crippen LogP contribution in [0, 0.1) is 0 Å². The van der Waals surface area contributed by atoms with Gasteiger partial charge in [-0.3, -0.25) is 9.79 Å². The average molecular weight is 335 g/mol. The number of hydrogen-bond acceptors (Lipinski definition) is 2. The van der Waals surface area contributed by atoms with Crippen molar-refractivity contribution in [1.29, 1.82) is 0 Å². The number of benzene rings is 2. The standard InChI is InChI=1S/C20H15ClN2O/c21-16-10-8-14(9-11-16)18-19(20(24)15-5-2-1-3-6-15)23-12-4-7-17(23)13-22-18/h1-13,18-19H/t18-,19+/m1/s1. The normalized spacial score (nSPS) is 19.0. The van der Waals surface area contributed by atoms with Crippen LogP contribution in [0.2, 0.25) is 5.02 Å². The van der Waals surface area contributed by atoms with Crippen molar-refractivity contribution in [2.45, 2.75) is 12.1 Å². The van der Waals surface area contributed by atoms with E-state index in [-0.39, 0.29) is 11.8 Å². The van der Waals surface area contributed by atoms with Crippen molar-refractivity contribution in [1.82, 2.24) is 4.57 Å². The molecular formula is C20H15ClN2O. The van der Waals surface area contributed by atoms with Crippen LogP contribution in [-0.2, 0) is 0 Å². The van der Waals surface area contributed by atoms with Crippen LogP contribution in [-0.4, -0.2) is 16.6 Å². The van der Waals surface area contributed by atoms with E-state index in [1.165, 1.54) is 0 Å². The van der Waals surface area contributed by atoms with Gasteiger partial charge in [-0.1, -0.05) is 54.1 Å². The Balaban J connectivity index is 1.81. The van der Waals surface area contributed by atoms with Gasteiger partial charge in [0.25, 0.3) is 0 Å². The monoisotopic (exact) mass is 334 g/mol. The number of nitrogens with zero attached hydrogens (tertiary/aromatic N) is 2. The summed E-state index contributed by atoms with van der Waals surface area (Å²) in [7, 11) is 0.